The van der Waals surface area contributed by atoms with Crippen molar-refractivity contribution in [2.45, 2.75) is 18.9 Å². The Bertz CT molecular complexity index is 924. The summed E-state index contributed by atoms with van der Waals surface area (Å²) in [4.78, 5) is 12.1. The SMILES string of the molecule is COc1ccc(/C=C/C(=O)NC(=S)Nc2ccc(OCC3CCCO3)cc2)cc1OC. The Labute approximate surface area is 187 Å². The van der Waals surface area contributed by atoms with Gasteiger partial charge >= 0.3 is 0 Å². The van der Waals surface area contributed by atoms with Gasteiger partial charge in [-0.2, -0.15) is 0 Å². The van der Waals surface area contributed by atoms with Crippen LogP contribution in [0.15, 0.2) is 48.5 Å². The van der Waals surface area contributed by atoms with Gasteiger partial charge in [0.1, 0.15) is 12.4 Å². The van der Waals surface area contributed by atoms with Crippen LogP contribution in [0.3, 0.4) is 0 Å². The van der Waals surface area contributed by atoms with E-state index in [0.29, 0.717) is 18.1 Å². The van der Waals surface area contributed by atoms with Gasteiger partial charge in [-0.1, -0.05) is 6.07 Å². The third-order valence-corrected chi connectivity index (χ3v) is 4.85. The molecule has 1 saturated heterocycles. The minimum absolute atomic E-state index is 0.174. The molecule has 8 heteroatoms. The van der Waals surface area contributed by atoms with E-state index < -0.39 is 0 Å². The fraction of sp³-hybridized carbons (Fsp3) is 0.304. The van der Waals surface area contributed by atoms with E-state index in [9.17, 15) is 4.79 Å². The van der Waals surface area contributed by atoms with Crippen molar-refractivity contribution in [3.63, 3.8) is 0 Å². The molecule has 2 aromatic carbocycles. The molecule has 1 unspecified atom stereocenters. The number of carbonyl (C=O) groups excluding carboxylic acids is 1. The molecule has 164 valence electrons. The molecule has 1 aliphatic rings. The van der Waals surface area contributed by atoms with E-state index in [0.717, 1.165) is 36.4 Å². The summed E-state index contributed by atoms with van der Waals surface area (Å²) in [5.74, 6) is 1.63. The molecule has 0 radical (unpaired) electrons. The Hall–Kier alpha value is -3.10. The number of methoxy groups -OCH3 is 2. The molecule has 0 aliphatic carbocycles. The highest BCUT2D eigenvalue weighted by molar-refractivity contribution is 7.80. The van der Waals surface area contributed by atoms with Gasteiger partial charge in [-0.3, -0.25) is 10.1 Å². The number of carbonyl (C=O) groups is 1. The van der Waals surface area contributed by atoms with Crippen molar-refractivity contribution in [3.05, 3.63) is 54.1 Å². The van der Waals surface area contributed by atoms with Crippen LogP contribution in [-0.4, -0.2) is 44.6 Å². The zero-order valence-corrected chi connectivity index (χ0v) is 18.4. The maximum absolute atomic E-state index is 12.1. The third-order valence-electron chi connectivity index (χ3n) is 4.64. The highest BCUT2D eigenvalue weighted by Gasteiger charge is 2.15. The predicted octanol–water partition coefficient (Wildman–Crippen LogP) is 3.79. The number of rotatable bonds is 8. The molecular formula is C23H26N2O5S. The van der Waals surface area contributed by atoms with Crippen molar-refractivity contribution in [2.75, 3.05) is 32.8 Å². The molecule has 31 heavy (non-hydrogen) atoms. The zero-order chi connectivity index (χ0) is 22.1. The third kappa shape index (κ3) is 6.97. The summed E-state index contributed by atoms with van der Waals surface area (Å²) in [7, 11) is 3.13. The van der Waals surface area contributed by atoms with E-state index in [4.69, 9.17) is 31.2 Å². The van der Waals surface area contributed by atoms with Crippen molar-refractivity contribution in [1.82, 2.24) is 5.32 Å². The minimum atomic E-state index is -0.344. The van der Waals surface area contributed by atoms with Crippen molar-refractivity contribution in [2.24, 2.45) is 0 Å². The van der Waals surface area contributed by atoms with Crippen molar-refractivity contribution < 1.29 is 23.7 Å². The van der Waals surface area contributed by atoms with E-state index in [1.54, 1.807) is 32.4 Å². The Morgan fingerprint density at radius 2 is 1.94 bits per heavy atom. The molecule has 1 amide bonds. The van der Waals surface area contributed by atoms with Gasteiger partial charge in [0, 0.05) is 18.4 Å². The van der Waals surface area contributed by atoms with Crippen LogP contribution in [0.25, 0.3) is 6.08 Å². The van der Waals surface area contributed by atoms with Crippen LogP contribution in [0.5, 0.6) is 17.2 Å². The van der Waals surface area contributed by atoms with Gasteiger partial charge in [0.25, 0.3) is 0 Å². The number of thiocarbonyl (C=S) groups is 1. The number of benzene rings is 2. The van der Waals surface area contributed by atoms with E-state index in [2.05, 4.69) is 10.6 Å². The number of hydrogen-bond acceptors (Lipinski definition) is 6. The lowest BCUT2D eigenvalue weighted by molar-refractivity contribution is -0.115. The topological polar surface area (TPSA) is 78.1 Å². The molecule has 2 N–H and O–H groups in total. The first kappa shape index (κ1) is 22.6. The molecule has 3 rings (SSSR count). The standard InChI is InChI=1S/C23H26N2O5S/c1-27-20-11-5-16(14-21(20)28-2)6-12-22(26)25-23(31)24-17-7-9-18(10-8-17)30-15-19-4-3-13-29-19/h5-12,14,19H,3-4,13,15H2,1-2H3,(H2,24,25,26,31)/b12-6+. The zero-order valence-electron chi connectivity index (χ0n) is 17.6. The summed E-state index contributed by atoms with van der Waals surface area (Å²) in [5, 5.41) is 5.80. The second-order valence-electron chi connectivity index (χ2n) is 6.86. The minimum Gasteiger partial charge on any atom is -0.493 e. The van der Waals surface area contributed by atoms with E-state index >= 15 is 0 Å². The summed E-state index contributed by atoms with van der Waals surface area (Å²) in [6.45, 7) is 1.36. The van der Waals surface area contributed by atoms with Gasteiger partial charge in [0.2, 0.25) is 5.91 Å². The molecule has 0 bridgehead atoms. The summed E-state index contributed by atoms with van der Waals surface area (Å²) in [6.07, 6.45) is 5.36. The molecule has 0 spiro atoms. The first-order valence-electron chi connectivity index (χ1n) is 9.94. The highest BCUT2D eigenvalue weighted by Crippen LogP contribution is 2.28. The van der Waals surface area contributed by atoms with Gasteiger partial charge in [0.15, 0.2) is 16.6 Å². The van der Waals surface area contributed by atoms with Crippen LogP contribution in [-0.2, 0) is 9.53 Å². The summed E-state index contributed by atoms with van der Waals surface area (Å²) >= 11 is 5.21. The second kappa shape index (κ2) is 11.3. The molecule has 1 fully saturated rings. The first-order valence-corrected chi connectivity index (χ1v) is 10.3. The summed E-state index contributed by atoms with van der Waals surface area (Å²) in [5.41, 5.74) is 1.55. The lowest BCUT2D eigenvalue weighted by atomic mass is 10.2. The van der Waals surface area contributed by atoms with Gasteiger partial charge in [0.05, 0.1) is 20.3 Å². The lowest BCUT2D eigenvalue weighted by Crippen LogP contribution is -2.32. The Balaban J connectivity index is 1.46. The van der Waals surface area contributed by atoms with Gasteiger partial charge < -0.3 is 24.3 Å². The van der Waals surface area contributed by atoms with Crippen LogP contribution in [0.1, 0.15) is 18.4 Å². The molecule has 1 aliphatic heterocycles. The van der Waals surface area contributed by atoms with Crippen molar-refractivity contribution >= 4 is 35.0 Å². The molecule has 1 atom stereocenters. The first-order chi connectivity index (χ1) is 15.1. The van der Waals surface area contributed by atoms with Crippen molar-refractivity contribution in [1.29, 1.82) is 0 Å². The number of ether oxygens (including phenoxy) is 4. The predicted molar refractivity (Wildman–Crippen MR) is 124 cm³/mol. The fourth-order valence-corrected chi connectivity index (χ4v) is 3.26. The van der Waals surface area contributed by atoms with Crippen LogP contribution < -0.4 is 24.8 Å². The summed E-state index contributed by atoms with van der Waals surface area (Å²) in [6, 6.07) is 12.7. The van der Waals surface area contributed by atoms with Crippen LogP contribution >= 0.6 is 12.2 Å². The number of amides is 1. The van der Waals surface area contributed by atoms with Crippen LogP contribution in [0, 0.1) is 0 Å². The van der Waals surface area contributed by atoms with Crippen LogP contribution in [0.4, 0.5) is 5.69 Å². The normalized spacial score (nSPS) is 15.5. The van der Waals surface area contributed by atoms with Gasteiger partial charge in [-0.15, -0.1) is 0 Å². The fourth-order valence-electron chi connectivity index (χ4n) is 3.04. The van der Waals surface area contributed by atoms with Gasteiger partial charge in [-0.25, -0.2) is 0 Å². The molecule has 2 aromatic rings. The molecule has 0 aromatic heterocycles. The lowest BCUT2D eigenvalue weighted by Gasteiger charge is -2.12. The van der Waals surface area contributed by atoms with E-state index in [1.165, 1.54) is 6.08 Å². The Morgan fingerprint density at radius 1 is 1.16 bits per heavy atom. The number of nitrogens with one attached hydrogen (secondary N) is 2. The molecule has 0 saturated carbocycles. The van der Waals surface area contributed by atoms with E-state index in [-0.39, 0.29) is 17.1 Å². The average Bonchev–Trinajstić information content (AvgIpc) is 3.30. The molecule has 1 heterocycles. The van der Waals surface area contributed by atoms with Crippen molar-refractivity contribution in [3.8, 4) is 17.2 Å². The number of anilines is 1. The van der Waals surface area contributed by atoms with Crippen LogP contribution in [0.2, 0.25) is 0 Å². The quantitative estimate of drug-likeness (QED) is 0.476. The smallest absolute Gasteiger partial charge is 0.250 e. The maximum Gasteiger partial charge on any atom is 0.250 e. The molecule has 7 nitrogen and oxygen atoms in total. The Kier molecular flexibility index (Phi) is 8.26. The average molecular weight is 443 g/mol. The number of hydrogen-bond donors (Lipinski definition) is 2. The largest absolute Gasteiger partial charge is 0.493 e. The van der Waals surface area contributed by atoms with Gasteiger partial charge in [-0.05, 0) is 73.1 Å². The second-order valence-corrected chi connectivity index (χ2v) is 7.27. The highest BCUT2D eigenvalue weighted by atomic mass is 32.1. The Morgan fingerprint density at radius 3 is 2.61 bits per heavy atom. The monoisotopic (exact) mass is 442 g/mol. The maximum atomic E-state index is 12.1. The molecular weight excluding hydrogens is 416 g/mol. The van der Waals surface area contributed by atoms with E-state index in [1.807, 2.05) is 30.3 Å². The summed E-state index contributed by atoms with van der Waals surface area (Å²) < 4.78 is 21.7.